The molecule has 0 aliphatic rings. The summed E-state index contributed by atoms with van der Waals surface area (Å²) in [7, 11) is 4.73. The fraction of sp³-hybridized carbons (Fsp3) is 0.375. The summed E-state index contributed by atoms with van der Waals surface area (Å²) in [5.74, 6) is -0.0288. The number of aryl methyl sites for hydroxylation is 1. The van der Waals surface area contributed by atoms with Crippen LogP contribution in [0.15, 0.2) is 0 Å². The van der Waals surface area contributed by atoms with Gasteiger partial charge in [-0.1, -0.05) is 0 Å². The summed E-state index contributed by atoms with van der Waals surface area (Å²) >= 11 is 0. The molecule has 2 rings (SSSR count). The Bertz CT molecular complexity index is 577. The summed E-state index contributed by atoms with van der Waals surface area (Å²) in [5.41, 5.74) is 6.05. The van der Waals surface area contributed by atoms with Crippen LogP contribution in [-0.4, -0.2) is 50.1 Å². The zero-order valence-electron chi connectivity index (χ0n) is 9.58. The highest BCUT2D eigenvalue weighted by atomic mass is 16.6. The van der Waals surface area contributed by atoms with Crippen LogP contribution in [0.5, 0.6) is 5.88 Å². The van der Waals surface area contributed by atoms with Crippen LogP contribution in [0.2, 0.25) is 0 Å². The molecule has 1 amide bonds. The van der Waals surface area contributed by atoms with E-state index < -0.39 is 6.09 Å². The van der Waals surface area contributed by atoms with Crippen molar-refractivity contribution in [2.45, 2.75) is 0 Å². The number of ether oxygens (including phenoxy) is 1. The number of rotatable bonds is 1. The smallest absolute Gasteiger partial charge is 0.388 e. The Morgan fingerprint density at radius 1 is 1.35 bits per heavy atom. The molecule has 0 bridgehead atoms. The number of carbonyl (C=O) groups excluding carboxylic acids is 1. The predicted molar refractivity (Wildman–Crippen MR) is 58.2 cm³/mol. The summed E-state index contributed by atoms with van der Waals surface area (Å²) < 4.78 is 5.02. The first-order valence-corrected chi connectivity index (χ1v) is 4.71. The molecule has 0 fully saturated rings. The number of aromatic nitrogens is 5. The van der Waals surface area contributed by atoms with Crippen LogP contribution in [0.1, 0.15) is 0 Å². The third kappa shape index (κ3) is 2.07. The van der Waals surface area contributed by atoms with Crippen LogP contribution in [0.25, 0.3) is 11.2 Å². The van der Waals surface area contributed by atoms with Gasteiger partial charge in [-0.3, -0.25) is 0 Å². The molecule has 17 heavy (non-hydrogen) atoms. The molecule has 0 aliphatic heterocycles. The summed E-state index contributed by atoms with van der Waals surface area (Å²) in [6, 6.07) is 0. The van der Waals surface area contributed by atoms with E-state index in [2.05, 4.69) is 20.2 Å². The third-order valence-corrected chi connectivity index (χ3v) is 1.88. The number of carbonyl (C=O) groups is 1. The van der Waals surface area contributed by atoms with Crippen molar-refractivity contribution in [1.82, 2.24) is 29.9 Å². The Kier molecular flexibility index (Phi) is 2.50. The number of fused-ring (bicyclic) bond motifs is 1. The van der Waals surface area contributed by atoms with E-state index in [4.69, 9.17) is 10.5 Å². The zero-order valence-corrected chi connectivity index (χ0v) is 9.58. The lowest BCUT2D eigenvalue weighted by molar-refractivity contribution is 0.170. The van der Waals surface area contributed by atoms with Gasteiger partial charge in [0.05, 0.1) is 0 Å². The Labute approximate surface area is 96.2 Å². The molecule has 0 aromatic carbocycles. The first-order valence-electron chi connectivity index (χ1n) is 4.71. The molecule has 2 aromatic heterocycles. The number of anilines is 1. The van der Waals surface area contributed by atoms with Crippen molar-refractivity contribution in [2.24, 2.45) is 7.05 Å². The van der Waals surface area contributed by atoms with Gasteiger partial charge < -0.3 is 15.4 Å². The average molecular weight is 237 g/mol. The lowest BCUT2D eigenvalue weighted by Gasteiger charge is -2.09. The summed E-state index contributed by atoms with van der Waals surface area (Å²) in [4.78, 5) is 21.7. The third-order valence-electron chi connectivity index (χ3n) is 1.88. The molecule has 2 aromatic rings. The second-order valence-electron chi connectivity index (χ2n) is 3.51. The number of hydrogen-bond acceptors (Lipinski definition) is 7. The Morgan fingerprint density at radius 2 is 2.06 bits per heavy atom. The molecule has 0 aliphatic carbocycles. The molecular weight excluding hydrogens is 226 g/mol. The first kappa shape index (κ1) is 11.0. The van der Waals surface area contributed by atoms with E-state index >= 15 is 0 Å². The van der Waals surface area contributed by atoms with Gasteiger partial charge in [0.1, 0.15) is 0 Å². The van der Waals surface area contributed by atoms with Gasteiger partial charge >= 0.3 is 6.09 Å². The molecule has 0 spiro atoms. The predicted octanol–water partition coefficient (Wildman–Crippen LogP) is -0.599. The Morgan fingerprint density at radius 3 is 2.71 bits per heavy atom. The summed E-state index contributed by atoms with van der Waals surface area (Å²) in [5, 5.41) is 7.95. The van der Waals surface area contributed by atoms with E-state index in [0.29, 0.717) is 0 Å². The number of nitrogen functional groups attached to an aromatic ring is 1. The minimum Gasteiger partial charge on any atom is -0.388 e. The molecule has 9 nitrogen and oxygen atoms in total. The number of nitrogens with zero attached hydrogens (tertiary/aromatic N) is 6. The number of amides is 1. The molecule has 0 saturated carbocycles. The highest BCUT2D eigenvalue weighted by Crippen LogP contribution is 2.19. The first-order chi connectivity index (χ1) is 7.97. The largest absolute Gasteiger partial charge is 0.416 e. The van der Waals surface area contributed by atoms with E-state index in [1.54, 1.807) is 21.1 Å². The Balaban J connectivity index is 2.48. The maximum absolute atomic E-state index is 11.4. The fourth-order valence-corrected chi connectivity index (χ4v) is 1.15. The monoisotopic (exact) mass is 237 g/mol. The minimum absolute atomic E-state index is 0.000648. The van der Waals surface area contributed by atoms with E-state index in [0.717, 1.165) is 0 Å². The van der Waals surface area contributed by atoms with Gasteiger partial charge in [0.15, 0.2) is 5.52 Å². The van der Waals surface area contributed by atoms with Crippen LogP contribution in [0.3, 0.4) is 0 Å². The quantitative estimate of drug-likeness (QED) is 0.704. The molecule has 2 heterocycles. The van der Waals surface area contributed by atoms with Crippen molar-refractivity contribution in [1.29, 1.82) is 0 Å². The second kappa shape index (κ2) is 3.85. The highest BCUT2D eigenvalue weighted by molar-refractivity contribution is 5.80. The van der Waals surface area contributed by atoms with Crippen LogP contribution in [0.4, 0.5) is 10.7 Å². The van der Waals surface area contributed by atoms with Crippen molar-refractivity contribution >= 4 is 23.2 Å². The van der Waals surface area contributed by atoms with Crippen molar-refractivity contribution < 1.29 is 9.53 Å². The van der Waals surface area contributed by atoms with E-state index in [9.17, 15) is 4.79 Å². The minimum atomic E-state index is -0.574. The van der Waals surface area contributed by atoms with Crippen molar-refractivity contribution in [3.8, 4) is 5.88 Å². The molecule has 0 atom stereocenters. The zero-order chi connectivity index (χ0) is 12.6. The van der Waals surface area contributed by atoms with Gasteiger partial charge in [-0.25, -0.2) is 4.79 Å². The van der Waals surface area contributed by atoms with Gasteiger partial charge in [-0.2, -0.15) is 14.8 Å². The van der Waals surface area contributed by atoms with Crippen LogP contribution >= 0.6 is 0 Å². The lowest BCUT2D eigenvalue weighted by Crippen LogP contribution is -2.26. The fourth-order valence-electron chi connectivity index (χ4n) is 1.15. The molecule has 90 valence electrons. The molecule has 0 unspecified atom stereocenters. The van der Waals surface area contributed by atoms with Gasteiger partial charge in [-0.15, -0.1) is 10.2 Å². The van der Waals surface area contributed by atoms with E-state index in [-0.39, 0.29) is 23.0 Å². The number of hydrogen-bond donors (Lipinski definition) is 1. The molecule has 9 heteroatoms. The van der Waals surface area contributed by atoms with Crippen LogP contribution < -0.4 is 10.5 Å². The Hall–Kier alpha value is -2.45. The van der Waals surface area contributed by atoms with Crippen LogP contribution in [-0.2, 0) is 7.05 Å². The van der Waals surface area contributed by atoms with Gasteiger partial charge in [-0.05, 0) is 0 Å². The second-order valence-corrected chi connectivity index (χ2v) is 3.51. The maximum atomic E-state index is 11.4. The molecular formula is C8H11N7O2. The standard InChI is InChI=1S/C8H11N7O2/c1-14(2)8(16)17-6-4-5(10-7(9)11-6)13-15(3)12-4/h1-3H3,(H2,9,10,13). The van der Waals surface area contributed by atoms with E-state index in [1.807, 2.05) is 0 Å². The average Bonchev–Trinajstić information content (AvgIpc) is 2.58. The van der Waals surface area contributed by atoms with Gasteiger partial charge in [0.2, 0.25) is 11.6 Å². The topological polar surface area (TPSA) is 112 Å². The van der Waals surface area contributed by atoms with Crippen molar-refractivity contribution in [3.63, 3.8) is 0 Å². The summed E-state index contributed by atoms with van der Waals surface area (Å²) in [6.45, 7) is 0. The molecule has 2 N–H and O–H groups in total. The lowest BCUT2D eigenvalue weighted by atomic mass is 10.5. The van der Waals surface area contributed by atoms with E-state index in [1.165, 1.54) is 9.70 Å². The molecule has 0 radical (unpaired) electrons. The van der Waals surface area contributed by atoms with Gasteiger partial charge in [0.25, 0.3) is 5.88 Å². The normalized spacial score (nSPS) is 10.5. The molecule has 0 saturated heterocycles. The van der Waals surface area contributed by atoms with Crippen molar-refractivity contribution in [2.75, 3.05) is 19.8 Å². The van der Waals surface area contributed by atoms with Crippen LogP contribution in [0, 0.1) is 0 Å². The summed E-state index contributed by atoms with van der Waals surface area (Å²) in [6.07, 6.45) is -0.574. The SMILES string of the molecule is CN(C)C(=O)Oc1nc(N)nc2nn(C)nc12. The highest BCUT2D eigenvalue weighted by Gasteiger charge is 2.16. The van der Waals surface area contributed by atoms with Gasteiger partial charge in [0, 0.05) is 21.1 Å². The number of nitrogens with two attached hydrogens (primary N) is 1. The maximum Gasteiger partial charge on any atom is 0.416 e. The van der Waals surface area contributed by atoms with Crippen molar-refractivity contribution in [3.05, 3.63) is 0 Å².